The normalized spacial score (nSPS) is 10.8. The van der Waals surface area contributed by atoms with Crippen molar-refractivity contribution in [1.82, 2.24) is 10.2 Å². The molecule has 0 radical (unpaired) electrons. The standard InChI is InChI=1S/C17H11FN4O4/c18-13-7-5-12(6-8-13)16-20-21-17(26-16)19-15(23)9-4-11-2-1-3-14(10-11)22(24)25/h1-10H,(H,19,21,23). The zero-order chi connectivity index (χ0) is 18.5. The molecule has 2 aromatic carbocycles. The average Bonchev–Trinajstić information content (AvgIpc) is 3.09. The molecule has 26 heavy (non-hydrogen) atoms. The molecule has 3 rings (SSSR count). The van der Waals surface area contributed by atoms with Crippen LogP contribution in [-0.4, -0.2) is 21.0 Å². The van der Waals surface area contributed by atoms with Crippen LogP contribution in [0, 0.1) is 15.9 Å². The zero-order valence-corrected chi connectivity index (χ0v) is 13.1. The number of halogens is 1. The number of carbonyl (C=O) groups excluding carboxylic acids is 1. The number of nitro groups is 1. The van der Waals surface area contributed by atoms with Crippen LogP contribution in [0.25, 0.3) is 17.5 Å². The number of rotatable bonds is 5. The van der Waals surface area contributed by atoms with Gasteiger partial charge in [-0.2, -0.15) is 0 Å². The topological polar surface area (TPSA) is 111 Å². The molecule has 0 bridgehead atoms. The van der Waals surface area contributed by atoms with Gasteiger partial charge < -0.3 is 4.42 Å². The van der Waals surface area contributed by atoms with Gasteiger partial charge in [-0.25, -0.2) is 4.39 Å². The van der Waals surface area contributed by atoms with Crippen LogP contribution >= 0.6 is 0 Å². The lowest BCUT2D eigenvalue weighted by Crippen LogP contribution is -2.07. The summed E-state index contributed by atoms with van der Waals surface area (Å²) in [5, 5.41) is 20.5. The van der Waals surface area contributed by atoms with Crippen LogP contribution in [0.1, 0.15) is 5.56 Å². The Balaban J connectivity index is 1.66. The second-order valence-electron chi connectivity index (χ2n) is 5.09. The van der Waals surface area contributed by atoms with Gasteiger partial charge in [0.25, 0.3) is 11.6 Å². The summed E-state index contributed by atoms with van der Waals surface area (Å²) < 4.78 is 18.2. The van der Waals surface area contributed by atoms with Crippen LogP contribution in [0.3, 0.4) is 0 Å². The fourth-order valence-electron chi connectivity index (χ4n) is 2.04. The SMILES string of the molecule is O=C(C=Cc1cccc([N+](=O)[O-])c1)Nc1nnc(-c2ccc(F)cc2)o1. The van der Waals surface area contributed by atoms with E-state index in [1.165, 1.54) is 54.6 Å². The first-order valence-corrected chi connectivity index (χ1v) is 7.34. The van der Waals surface area contributed by atoms with E-state index in [-0.39, 0.29) is 17.6 Å². The lowest BCUT2D eigenvalue weighted by molar-refractivity contribution is -0.384. The Morgan fingerprint density at radius 1 is 1.19 bits per heavy atom. The maximum atomic E-state index is 12.9. The Morgan fingerprint density at radius 2 is 1.96 bits per heavy atom. The molecule has 0 unspecified atom stereocenters. The summed E-state index contributed by atoms with van der Waals surface area (Å²) in [5.74, 6) is -0.818. The number of non-ortho nitro benzene ring substituents is 1. The van der Waals surface area contributed by atoms with Gasteiger partial charge in [-0.05, 0) is 35.9 Å². The number of carbonyl (C=O) groups is 1. The third-order valence-electron chi connectivity index (χ3n) is 3.25. The molecule has 130 valence electrons. The number of nitro benzene ring substituents is 1. The number of nitrogens with zero attached hydrogens (tertiary/aromatic N) is 3. The molecular weight excluding hydrogens is 343 g/mol. The molecular formula is C17H11FN4O4. The summed E-state index contributed by atoms with van der Waals surface area (Å²) in [6.45, 7) is 0. The van der Waals surface area contributed by atoms with Crippen LogP contribution in [0.4, 0.5) is 16.1 Å². The summed E-state index contributed by atoms with van der Waals surface area (Å²) >= 11 is 0. The molecule has 9 heteroatoms. The predicted octanol–water partition coefficient (Wildman–Crippen LogP) is 3.44. The van der Waals surface area contributed by atoms with Crippen molar-refractivity contribution in [2.75, 3.05) is 5.32 Å². The highest BCUT2D eigenvalue weighted by molar-refractivity contribution is 6.00. The molecule has 0 atom stereocenters. The van der Waals surface area contributed by atoms with Gasteiger partial charge in [0.05, 0.1) is 4.92 Å². The molecule has 0 aliphatic heterocycles. The second kappa shape index (κ2) is 7.34. The van der Waals surface area contributed by atoms with E-state index in [1.54, 1.807) is 6.07 Å². The van der Waals surface area contributed by atoms with E-state index in [4.69, 9.17) is 4.42 Å². The summed E-state index contributed by atoms with van der Waals surface area (Å²) in [6.07, 6.45) is 2.60. The molecule has 1 heterocycles. The zero-order valence-electron chi connectivity index (χ0n) is 13.1. The van der Waals surface area contributed by atoms with Crippen LogP contribution < -0.4 is 5.32 Å². The van der Waals surface area contributed by atoms with Crippen molar-refractivity contribution < 1.29 is 18.5 Å². The van der Waals surface area contributed by atoms with Crippen LogP contribution in [0.15, 0.2) is 59.0 Å². The van der Waals surface area contributed by atoms with Crippen molar-refractivity contribution in [3.8, 4) is 11.5 Å². The average molecular weight is 354 g/mol. The van der Waals surface area contributed by atoms with Gasteiger partial charge in [0.1, 0.15) is 5.82 Å². The van der Waals surface area contributed by atoms with Crippen molar-refractivity contribution >= 4 is 23.7 Å². The fourth-order valence-corrected chi connectivity index (χ4v) is 2.04. The Kier molecular flexibility index (Phi) is 4.79. The van der Waals surface area contributed by atoms with Crippen molar-refractivity contribution in [2.45, 2.75) is 0 Å². The number of amides is 1. The van der Waals surface area contributed by atoms with Crippen molar-refractivity contribution in [1.29, 1.82) is 0 Å². The van der Waals surface area contributed by atoms with Gasteiger partial charge in [-0.15, -0.1) is 5.10 Å². The third-order valence-corrected chi connectivity index (χ3v) is 3.25. The minimum absolute atomic E-state index is 0.0756. The molecule has 0 saturated heterocycles. The van der Waals surface area contributed by atoms with E-state index in [9.17, 15) is 19.3 Å². The van der Waals surface area contributed by atoms with Crippen LogP contribution in [0.2, 0.25) is 0 Å². The first-order valence-electron chi connectivity index (χ1n) is 7.34. The predicted molar refractivity (Wildman–Crippen MR) is 90.5 cm³/mol. The van der Waals surface area contributed by atoms with Gasteiger partial charge in [0.15, 0.2) is 0 Å². The van der Waals surface area contributed by atoms with E-state index in [2.05, 4.69) is 15.5 Å². The molecule has 0 saturated carbocycles. The van der Waals surface area contributed by atoms with Gasteiger partial charge >= 0.3 is 6.01 Å². The van der Waals surface area contributed by atoms with E-state index in [0.717, 1.165) is 0 Å². The minimum Gasteiger partial charge on any atom is -0.403 e. The van der Waals surface area contributed by atoms with E-state index >= 15 is 0 Å². The minimum atomic E-state index is -0.550. The van der Waals surface area contributed by atoms with Gasteiger partial charge in [0, 0.05) is 23.8 Å². The summed E-state index contributed by atoms with van der Waals surface area (Å²) in [6, 6.07) is 11.1. The molecule has 1 aromatic heterocycles. The van der Waals surface area contributed by atoms with Crippen molar-refractivity contribution in [3.05, 3.63) is 76.1 Å². The highest BCUT2D eigenvalue weighted by Crippen LogP contribution is 2.20. The molecule has 1 amide bonds. The van der Waals surface area contributed by atoms with E-state index < -0.39 is 16.6 Å². The second-order valence-corrected chi connectivity index (χ2v) is 5.09. The lowest BCUT2D eigenvalue weighted by atomic mass is 10.2. The molecule has 1 N–H and O–H groups in total. The van der Waals surface area contributed by atoms with Crippen molar-refractivity contribution in [3.63, 3.8) is 0 Å². The molecule has 0 spiro atoms. The van der Waals surface area contributed by atoms with Gasteiger partial charge in [-0.3, -0.25) is 20.2 Å². The number of aromatic nitrogens is 2. The molecule has 0 fully saturated rings. The number of benzene rings is 2. The molecule has 3 aromatic rings. The highest BCUT2D eigenvalue weighted by Gasteiger charge is 2.10. The quantitative estimate of drug-likeness (QED) is 0.427. The molecule has 0 aliphatic rings. The smallest absolute Gasteiger partial charge is 0.322 e. The van der Waals surface area contributed by atoms with E-state index in [1.807, 2.05) is 0 Å². The largest absolute Gasteiger partial charge is 0.403 e. The van der Waals surface area contributed by atoms with E-state index in [0.29, 0.717) is 11.1 Å². The first-order chi connectivity index (χ1) is 12.5. The third kappa shape index (κ3) is 4.15. The van der Waals surface area contributed by atoms with Gasteiger partial charge in [-0.1, -0.05) is 17.2 Å². The summed E-state index contributed by atoms with van der Waals surface area (Å²) in [5.41, 5.74) is 0.923. The number of nitrogens with one attached hydrogen (secondary N) is 1. The molecule has 8 nitrogen and oxygen atoms in total. The number of anilines is 1. The van der Waals surface area contributed by atoms with Crippen LogP contribution in [-0.2, 0) is 4.79 Å². The lowest BCUT2D eigenvalue weighted by Gasteiger charge is -1.96. The summed E-state index contributed by atoms with van der Waals surface area (Å²) in [7, 11) is 0. The Morgan fingerprint density at radius 3 is 2.69 bits per heavy atom. The van der Waals surface area contributed by atoms with Gasteiger partial charge in [0.2, 0.25) is 5.89 Å². The maximum absolute atomic E-state index is 12.9. The van der Waals surface area contributed by atoms with Crippen molar-refractivity contribution in [2.24, 2.45) is 0 Å². The Hall–Kier alpha value is -3.88. The Labute approximate surface area is 146 Å². The van der Waals surface area contributed by atoms with Crippen LogP contribution in [0.5, 0.6) is 0 Å². The number of hydrogen-bond donors (Lipinski definition) is 1. The fraction of sp³-hybridized carbons (Fsp3) is 0. The number of hydrogen-bond acceptors (Lipinski definition) is 6. The first kappa shape index (κ1) is 17.0. The summed E-state index contributed by atoms with van der Waals surface area (Å²) in [4.78, 5) is 22.1. The Bertz CT molecular complexity index is 982. The maximum Gasteiger partial charge on any atom is 0.322 e. The molecule has 0 aliphatic carbocycles. The highest BCUT2D eigenvalue weighted by atomic mass is 19.1. The monoisotopic (exact) mass is 354 g/mol.